The summed E-state index contributed by atoms with van der Waals surface area (Å²) in [4.78, 5) is 20.4. The first-order valence-electron chi connectivity index (χ1n) is 9.79. The van der Waals surface area contributed by atoms with Crippen LogP contribution in [0.5, 0.6) is 5.75 Å². The van der Waals surface area contributed by atoms with Gasteiger partial charge in [0, 0.05) is 44.2 Å². The Morgan fingerprint density at radius 1 is 1.30 bits per heavy atom. The summed E-state index contributed by atoms with van der Waals surface area (Å²) in [5.74, 6) is -0.753. The number of carbonyl (C=O) groups excluding carboxylic acids is 1. The third-order valence-electron chi connectivity index (χ3n) is 5.79. The van der Waals surface area contributed by atoms with Gasteiger partial charge >= 0.3 is 0 Å². The first kappa shape index (κ1) is 20.9. The number of likely N-dealkylation sites (N-methyl/N-ethyl adjacent to an activating group) is 1. The van der Waals surface area contributed by atoms with Crippen LogP contribution in [0.3, 0.4) is 0 Å². The zero-order valence-electron chi connectivity index (χ0n) is 16.9. The number of carbonyl (C=O) groups is 1. The minimum Gasteiger partial charge on any atom is -0.497 e. The number of anilines is 2. The van der Waals surface area contributed by atoms with Crippen molar-refractivity contribution in [3.8, 4) is 5.75 Å². The molecule has 0 bridgehead atoms. The number of benzene rings is 1. The molecule has 4 rings (SSSR count). The predicted octanol–water partition coefficient (Wildman–Crippen LogP) is 2.61. The molecule has 2 saturated heterocycles. The SMILES string of the molecule is COc1cc(F)c([C@H]2CC(=O)N(c3nc(N(C)C4CCOC4)ccc3F)C2)c(P)c1. The molecule has 1 aromatic carbocycles. The molecule has 3 atom stereocenters. The molecule has 2 fully saturated rings. The Kier molecular flexibility index (Phi) is 5.89. The first-order chi connectivity index (χ1) is 14.4. The van der Waals surface area contributed by atoms with Gasteiger partial charge in [0.2, 0.25) is 5.91 Å². The van der Waals surface area contributed by atoms with Crippen LogP contribution in [0.25, 0.3) is 0 Å². The molecule has 0 saturated carbocycles. The van der Waals surface area contributed by atoms with Crippen molar-refractivity contribution in [3.63, 3.8) is 0 Å². The van der Waals surface area contributed by atoms with E-state index in [9.17, 15) is 13.6 Å². The van der Waals surface area contributed by atoms with Crippen LogP contribution in [0.2, 0.25) is 0 Å². The fourth-order valence-corrected chi connectivity index (χ4v) is 4.63. The van der Waals surface area contributed by atoms with Gasteiger partial charge in [-0.1, -0.05) is 0 Å². The topological polar surface area (TPSA) is 54.9 Å². The van der Waals surface area contributed by atoms with Gasteiger partial charge in [0.05, 0.1) is 19.8 Å². The molecule has 30 heavy (non-hydrogen) atoms. The molecule has 0 spiro atoms. The highest BCUT2D eigenvalue weighted by molar-refractivity contribution is 7.27. The molecule has 9 heteroatoms. The zero-order valence-corrected chi connectivity index (χ0v) is 18.1. The second kappa shape index (κ2) is 8.44. The molecule has 0 aliphatic carbocycles. The molecule has 0 radical (unpaired) electrons. The Labute approximate surface area is 176 Å². The number of methoxy groups -OCH3 is 1. The van der Waals surface area contributed by atoms with Gasteiger partial charge in [-0.3, -0.25) is 9.69 Å². The van der Waals surface area contributed by atoms with Crippen LogP contribution in [0.4, 0.5) is 20.4 Å². The monoisotopic (exact) mass is 435 g/mol. The minimum absolute atomic E-state index is 0.0232. The molecule has 2 aliphatic heterocycles. The molecule has 1 amide bonds. The molecule has 0 N–H and O–H groups in total. The van der Waals surface area contributed by atoms with E-state index in [0.717, 1.165) is 6.42 Å². The lowest BCUT2D eigenvalue weighted by molar-refractivity contribution is -0.117. The second-order valence-electron chi connectivity index (χ2n) is 7.62. The van der Waals surface area contributed by atoms with Gasteiger partial charge < -0.3 is 14.4 Å². The summed E-state index contributed by atoms with van der Waals surface area (Å²) < 4.78 is 39.8. The average molecular weight is 435 g/mol. The molecule has 2 aromatic rings. The average Bonchev–Trinajstić information content (AvgIpc) is 3.37. The third kappa shape index (κ3) is 3.86. The fourth-order valence-electron chi connectivity index (χ4n) is 4.09. The molecule has 2 aliphatic rings. The summed E-state index contributed by atoms with van der Waals surface area (Å²) >= 11 is 0. The highest BCUT2D eigenvalue weighted by Crippen LogP contribution is 2.35. The highest BCUT2D eigenvalue weighted by atomic mass is 31.0. The van der Waals surface area contributed by atoms with Crippen LogP contribution >= 0.6 is 9.24 Å². The van der Waals surface area contributed by atoms with Crippen molar-refractivity contribution in [2.24, 2.45) is 0 Å². The van der Waals surface area contributed by atoms with Gasteiger partial charge in [0.15, 0.2) is 11.6 Å². The van der Waals surface area contributed by atoms with E-state index < -0.39 is 17.6 Å². The van der Waals surface area contributed by atoms with E-state index in [2.05, 4.69) is 14.2 Å². The summed E-state index contributed by atoms with van der Waals surface area (Å²) in [6.07, 6.45) is 0.950. The smallest absolute Gasteiger partial charge is 0.228 e. The number of halogens is 2. The summed E-state index contributed by atoms with van der Waals surface area (Å²) in [5.41, 5.74) is 0.424. The largest absolute Gasteiger partial charge is 0.497 e. The van der Waals surface area contributed by atoms with E-state index in [4.69, 9.17) is 9.47 Å². The van der Waals surface area contributed by atoms with Crippen molar-refractivity contribution in [1.29, 1.82) is 0 Å². The van der Waals surface area contributed by atoms with Crippen molar-refractivity contribution in [3.05, 3.63) is 41.5 Å². The fraction of sp³-hybridized carbons (Fsp3) is 0.429. The van der Waals surface area contributed by atoms with Crippen LogP contribution < -0.4 is 19.8 Å². The van der Waals surface area contributed by atoms with Gasteiger partial charge in [-0.25, -0.2) is 13.8 Å². The lowest BCUT2D eigenvalue weighted by Crippen LogP contribution is -2.33. The molecule has 2 unspecified atom stereocenters. The summed E-state index contributed by atoms with van der Waals surface area (Å²) in [7, 11) is 5.84. The summed E-state index contributed by atoms with van der Waals surface area (Å²) in [6.45, 7) is 1.43. The van der Waals surface area contributed by atoms with E-state index in [0.29, 0.717) is 35.6 Å². The van der Waals surface area contributed by atoms with Gasteiger partial charge in [-0.15, -0.1) is 9.24 Å². The maximum absolute atomic E-state index is 14.7. The molecular formula is C21H24F2N3O3P. The summed E-state index contributed by atoms with van der Waals surface area (Å²) in [6, 6.07) is 6.08. The van der Waals surface area contributed by atoms with Crippen molar-refractivity contribution in [1.82, 2.24) is 4.98 Å². The summed E-state index contributed by atoms with van der Waals surface area (Å²) in [5, 5.41) is 0.620. The Hall–Kier alpha value is -2.31. The maximum Gasteiger partial charge on any atom is 0.228 e. The number of pyridine rings is 1. The second-order valence-corrected chi connectivity index (χ2v) is 8.24. The number of amides is 1. The van der Waals surface area contributed by atoms with E-state index in [1.54, 1.807) is 12.1 Å². The van der Waals surface area contributed by atoms with Crippen LogP contribution in [0, 0.1) is 11.6 Å². The Morgan fingerprint density at radius 3 is 2.77 bits per heavy atom. The first-order valence-corrected chi connectivity index (χ1v) is 10.4. The minimum atomic E-state index is -0.579. The van der Waals surface area contributed by atoms with Crippen LogP contribution in [0.1, 0.15) is 24.3 Å². The van der Waals surface area contributed by atoms with Crippen molar-refractivity contribution >= 4 is 32.1 Å². The van der Waals surface area contributed by atoms with Gasteiger partial charge in [0.1, 0.15) is 17.4 Å². The maximum atomic E-state index is 14.7. The standard InChI is InChI=1S/C21H24F2N3O3P/c1-25(13-5-6-29-11-13)18-4-3-15(22)21(24-18)26-10-12(7-19(26)27)20-16(23)8-14(28-2)9-17(20)30/h3-4,8-9,12-13H,5-7,10-11,30H2,1-2H3/t12-,13?/m0/s1. The van der Waals surface area contributed by atoms with Crippen LogP contribution in [-0.2, 0) is 9.53 Å². The lowest BCUT2D eigenvalue weighted by Gasteiger charge is -2.26. The number of ether oxygens (including phenoxy) is 2. The van der Waals surface area contributed by atoms with Gasteiger partial charge in [-0.2, -0.15) is 0 Å². The van der Waals surface area contributed by atoms with Gasteiger partial charge in [-0.05, 0) is 29.9 Å². The van der Waals surface area contributed by atoms with Crippen molar-refractivity contribution in [2.75, 3.05) is 43.7 Å². The molecule has 160 valence electrons. The van der Waals surface area contributed by atoms with Crippen molar-refractivity contribution < 1.29 is 23.0 Å². The van der Waals surface area contributed by atoms with E-state index in [-0.39, 0.29) is 30.7 Å². The quantitative estimate of drug-likeness (QED) is 0.676. The third-order valence-corrected chi connectivity index (χ3v) is 6.26. The van der Waals surface area contributed by atoms with E-state index in [1.807, 2.05) is 11.9 Å². The predicted molar refractivity (Wildman–Crippen MR) is 114 cm³/mol. The number of hydrogen-bond donors (Lipinski definition) is 0. The van der Waals surface area contributed by atoms with Gasteiger partial charge in [0.25, 0.3) is 0 Å². The Morgan fingerprint density at radius 2 is 2.10 bits per heavy atom. The van der Waals surface area contributed by atoms with Crippen LogP contribution in [-0.4, -0.2) is 50.8 Å². The highest BCUT2D eigenvalue weighted by Gasteiger charge is 2.36. The molecule has 6 nitrogen and oxygen atoms in total. The molecule has 1 aromatic heterocycles. The van der Waals surface area contributed by atoms with Crippen LogP contribution in [0.15, 0.2) is 24.3 Å². The zero-order chi connectivity index (χ0) is 21.4. The lowest BCUT2D eigenvalue weighted by atomic mass is 9.97. The van der Waals surface area contributed by atoms with E-state index in [1.165, 1.54) is 24.1 Å². The molecule has 3 heterocycles. The molecular weight excluding hydrogens is 411 g/mol. The number of rotatable bonds is 5. The number of nitrogens with zero attached hydrogens (tertiary/aromatic N) is 3. The number of hydrogen-bond acceptors (Lipinski definition) is 5. The Bertz CT molecular complexity index is 946. The Balaban J connectivity index is 1.61. The van der Waals surface area contributed by atoms with E-state index >= 15 is 0 Å². The normalized spacial score (nSPS) is 21.4. The van der Waals surface area contributed by atoms with Crippen molar-refractivity contribution in [2.45, 2.75) is 24.8 Å². The number of aromatic nitrogens is 1.